The predicted octanol–water partition coefficient (Wildman–Crippen LogP) is 3.00. The number of benzene rings is 1. The van der Waals surface area contributed by atoms with E-state index >= 15 is 0 Å². The van der Waals surface area contributed by atoms with E-state index in [-0.39, 0.29) is 29.2 Å². The predicted molar refractivity (Wildman–Crippen MR) is 125 cm³/mol. The zero-order chi connectivity index (χ0) is 23.9. The molecular formula is C24H37BN2O5. The van der Waals surface area contributed by atoms with Crippen molar-refractivity contribution >= 4 is 24.6 Å². The van der Waals surface area contributed by atoms with Crippen LogP contribution in [0.2, 0.25) is 0 Å². The first-order valence-corrected chi connectivity index (χ1v) is 11.4. The fourth-order valence-corrected chi connectivity index (χ4v) is 3.82. The lowest BCUT2D eigenvalue weighted by Gasteiger charge is -2.32. The van der Waals surface area contributed by atoms with E-state index in [0.717, 1.165) is 17.4 Å². The van der Waals surface area contributed by atoms with E-state index < -0.39 is 12.7 Å². The van der Waals surface area contributed by atoms with Crippen molar-refractivity contribution in [3.63, 3.8) is 0 Å². The highest BCUT2D eigenvalue weighted by atomic mass is 16.7. The molecule has 1 atom stereocenters. The summed E-state index contributed by atoms with van der Waals surface area (Å²) in [5.74, 6) is 0.0319. The lowest BCUT2D eigenvalue weighted by molar-refractivity contribution is -0.131. The van der Waals surface area contributed by atoms with E-state index in [9.17, 15) is 9.59 Å². The molecule has 2 aliphatic rings. The highest BCUT2D eigenvalue weighted by Crippen LogP contribution is 2.36. The van der Waals surface area contributed by atoms with Gasteiger partial charge in [-0.05, 0) is 65.9 Å². The van der Waals surface area contributed by atoms with E-state index in [2.05, 4.69) is 0 Å². The molecule has 2 aliphatic heterocycles. The number of ether oxygens (including phenoxy) is 1. The highest BCUT2D eigenvalue weighted by molar-refractivity contribution is 6.62. The van der Waals surface area contributed by atoms with E-state index in [1.165, 1.54) is 0 Å². The summed E-state index contributed by atoms with van der Waals surface area (Å²) in [6.45, 7) is 14.8. The van der Waals surface area contributed by atoms with Gasteiger partial charge in [-0.15, -0.1) is 0 Å². The van der Waals surface area contributed by atoms with Crippen LogP contribution >= 0.6 is 0 Å². The van der Waals surface area contributed by atoms with E-state index in [0.29, 0.717) is 19.5 Å². The number of hydrogen-bond donors (Lipinski definition) is 0. The number of likely N-dealkylation sites (tertiary alicyclic amines) is 1. The van der Waals surface area contributed by atoms with E-state index in [4.69, 9.17) is 14.0 Å². The molecule has 1 aromatic rings. The van der Waals surface area contributed by atoms with Gasteiger partial charge in [0, 0.05) is 20.1 Å². The van der Waals surface area contributed by atoms with Crippen LogP contribution in [0.3, 0.4) is 0 Å². The van der Waals surface area contributed by atoms with Crippen LogP contribution in [0.1, 0.15) is 60.5 Å². The fourth-order valence-electron chi connectivity index (χ4n) is 3.82. The van der Waals surface area contributed by atoms with Crippen molar-refractivity contribution in [3.8, 4) is 0 Å². The second-order valence-corrected chi connectivity index (χ2v) is 10.9. The maximum absolute atomic E-state index is 12.9. The van der Waals surface area contributed by atoms with Gasteiger partial charge in [0.15, 0.2) is 0 Å². The molecule has 1 unspecified atom stereocenters. The number of likely N-dealkylation sites (N-methyl/N-ethyl adjacent to an activating group) is 1. The van der Waals surface area contributed by atoms with Gasteiger partial charge < -0.3 is 23.8 Å². The number of hydrogen-bond acceptors (Lipinski definition) is 5. The van der Waals surface area contributed by atoms with Gasteiger partial charge in [0.25, 0.3) is 0 Å². The fraction of sp³-hybridized carbons (Fsp3) is 0.667. The molecule has 7 nitrogen and oxygen atoms in total. The van der Waals surface area contributed by atoms with Gasteiger partial charge in [-0.2, -0.15) is 0 Å². The van der Waals surface area contributed by atoms with Gasteiger partial charge >= 0.3 is 13.2 Å². The molecule has 0 spiro atoms. The molecule has 32 heavy (non-hydrogen) atoms. The average Bonchev–Trinajstić information content (AvgIpc) is 3.23. The van der Waals surface area contributed by atoms with Crippen molar-refractivity contribution in [2.45, 2.75) is 84.2 Å². The molecular weight excluding hydrogens is 407 g/mol. The first-order chi connectivity index (χ1) is 14.7. The van der Waals surface area contributed by atoms with Crippen LogP contribution in [-0.2, 0) is 25.3 Å². The lowest BCUT2D eigenvalue weighted by atomic mass is 9.79. The van der Waals surface area contributed by atoms with E-state index in [1.54, 1.807) is 9.80 Å². The number of amides is 2. The molecule has 0 radical (unpaired) electrons. The summed E-state index contributed by atoms with van der Waals surface area (Å²) >= 11 is 0. The second-order valence-electron chi connectivity index (χ2n) is 10.9. The molecule has 176 valence electrons. The Kier molecular flexibility index (Phi) is 6.69. The zero-order valence-corrected chi connectivity index (χ0v) is 20.7. The second kappa shape index (κ2) is 8.71. The third-order valence-corrected chi connectivity index (χ3v) is 6.62. The minimum atomic E-state index is -0.525. The molecule has 0 saturated carbocycles. The molecule has 2 fully saturated rings. The third kappa shape index (κ3) is 5.46. The van der Waals surface area contributed by atoms with Crippen LogP contribution in [0, 0.1) is 0 Å². The average molecular weight is 444 g/mol. The van der Waals surface area contributed by atoms with Crippen LogP contribution in [0.4, 0.5) is 4.79 Å². The molecule has 0 aromatic heterocycles. The minimum Gasteiger partial charge on any atom is -0.444 e. The van der Waals surface area contributed by atoms with Crippen LogP contribution in [-0.4, -0.2) is 71.9 Å². The Morgan fingerprint density at radius 2 is 1.69 bits per heavy atom. The van der Waals surface area contributed by atoms with Gasteiger partial charge in [0.2, 0.25) is 5.91 Å². The van der Waals surface area contributed by atoms with Crippen molar-refractivity contribution in [1.82, 2.24) is 9.80 Å². The van der Waals surface area contributed by atoms with Crippen LogP contribution in [0.5, 0.6) is 0 Å². The molecule has 2 amide bonds. The zero-order valence-electron chi connectivity index (χ0n) is 20.7. The standard InChI is InChI=1S/C24H37BN2O5/c1-22(2,3)30-21(29)27-14-13-19(16-27)26(8)20(28)15-17-9-11-18(12-10-17)25-31-23(4,5)24(6,7)32-25/h9-12,19H,13-16H2,1-8H3. The summed E-state index contributed by atoms with van der Waals surface area (Å²) in [7, 11) is 1.40. The summed E-state index contributed by atoms with van der Waals surface area (Å²) < 4.78 is 17.6. The molecule has 0 N–H and O–H groups in total. The van der Waals surface area contributed by atoms with Gasteiger partial charge in [0.1, 0.15) is 5.60 Å². The molecule has 0 aliphatic carbocycles. The summed E-state index contributed by atoms with van der Waals surface area (Å²) in [5.41, 5.74) is 0.581. The van der Waals surface area contributed by atoms with Crippen molar-refractivity contribution in [1.29, 1.82) is 0 Å². The van der Waals surface area contributed by atoms with Crippen molar-refractivity contribution in [2.75, 3.05) is 20.1 Å². The number of carbonyl (C=O) groups excluding carboxylic acids is 2. The van der Waals surface area contributed by atoms with E-state index in [1.807, 2.05) is 79.8 Å². The first-order valence-electron chi connectivity index (χ1n) is 11.4. The van der Waals surface area contributed by atoms with Gasteiger partial charge in [-0.1, -0.05) is 24.3 Å². The van der Waals surface area contributed by atoms with Crippen LogP contribution < -0.4 is 5.46 Å². The molecule has 2 heterocycles. The summed E-state index contributed by atoms with van der Waals surface area (Å²) in [4.78, 5) is 28.6. The maximum atomic E-state index is 12.9. The molecule has 0 bridgehead atoms. The number of rotatable bonds is 4. The summed E-state index contributed by atoms with van der Waals surface area (Å²) in [6, 6.07) is 7.83. The lowest BCUT2D eigenvalue weighted by Crippen LogP contribution is -2.41. The Morgan fingerprint density at radius 1 is 1.12 bits per heavy atom. The monoisotopic (exact) mass is 444 g/mol. The van der Waals surface area contributed by atoms with Crippen molar-refractivity contribution < 1.29 is 23.6 Å². The molecule has 8 heteroatoms. The third-order valence-electron chi connectivity index (χ3n) is 6.62. The quantitative estimate of drug-likeness (QED) is 0.668. The van der Waals surface area contributed by atoms with Crippen LogP contribution in [0.15, 0.2) is 24.3 Å². The highest BCUT2D eigenvalue weighted by Gasteiger charge is 2.51. The first kappa shape index (κ1) is 24.6. The van der Waals surface area contributed by atoms with Crippen molar-refractivity contribution in [3.05, 3.63) is 29.8 Å². The Morgan fingerprint density at radius 3 is 2.22 bits per heavy atom. The van der Waals surface area contributed by atoms with Gasteiger partial charge in [-0.3, -0.25) is 4.79 Å². The number of carbonyl (C=O) groups is 2. The molecule has 3 rings (SSSR count). The molecule has 1 aromatic carbocycles. The normalized spacial score (nSPS) is 22.2. The Labute approximate surface area is 192 Å². The minimum absolute atomic E-state index is 0.000886. The number of nitrogens with zero attached hydrogens (tertiary/aromatic N) is 2. The summed E-state index contributed by atoms with van der Waals surface area (Å²) in [6.07, 6.45) is 0.741. The smallest absolute Gasteiger partial charge is 0.444 e. The molecule has 2 saturated heterocycles. The Balaban J connectivity index is 1.54. The topological polar surface area (TPSA) is 68.3 Å². The van der Waals surface area contributed by atoms with Gasteiger partial charge in [0.05, 0.1) is 23.7 Å². The van der Waals surface area contributed by atoms with Crippen molar-refractivity contribution in [2.24, 2.45) is 0 Å². The largest absolute Gasteiger partial charge is 0.494 e. The Hall–Kier alpha value is -2.06. The SMILES string of the molecule is CN(C(=O)Cc1ccc(B2OC(C)(C)C(C)(C)O2)cc1)C1CCN(C(=O)OC(C)(C)C)C1. The van der Waals surface area contributed by atoms with Gasteiger partial charge in [-0.25, -0.2) is 4.79 Å². The Bertz CT molecular complexity index is 831. The summed E-state index contributed by atoms with van der Waals surface area (Å²) in [5, 5.41) is 0. The van der Waals surface area contributed by atoms with Crippen LogP contribution in [0.25, 0.3) is 0 Å². The maximum Gasteiger partial charge on any atom is 0.494 e.